The minimum absolute atomic E-state index is 0.251. The predicted octanol–water partition coefficient (Wildman–Crippen LogP) is 3.84. The van der Waals surface area contributed by atoms with Crippen LogP contribution in [0.5, 0.6) is 0 Å². The van der Waals surface area contributed by atoms with E-state index in [9.17, 15) is 14.0 Å². The van der Waals surface area contributed by atoms with Gasteiger partial charge in [0.1, 0.15) is 5.82 Å². The minimum Gasteiger partial charge on any atom is -0.352 e. The Morgan fingerprint density at radius 2 is 1.57 bits per heavy atom. The molecule has 0 saturated carbocycles. The number of hydrogen-bond donors (Lipinski definition) is 2. The Balaban J connectivity index is 1.53. The molecule has 5 nitrogen and oxygen atoms in total. The Kier molecular flexibility index (Phi) is 6.46. The van der Waals surface area contributed by atoms with Gasteiger partial charge in [-0.3, -0.25) is 14.6 Å². The van der Waals surface area contributed by atoms with Gasteiger partial charge in [-0.05, 0) is 48.7 Å². The SMILES string of the molecule is O=C(NCCCc1ccccc1)c1cncc(C(=O)Nc2ccc(F)cc2)c1. The van der Waals surface area contributed by atoms with Crippen LogP contribution < -0.4 is 10.6 Å². The van der Waals surface area contributed by atoms with Crippen molar-refractivity contribution < 1.29 is 14.0 Å². The van der Waals surface area contributed by atoms with E-state index in [4.69, 9.17) is 0 Å². The van der Waals surface area contributed by atoms with Crippen LogP contribution in [0.3, 0.4) is 0 Å². The third-order valence-corrected chi connectivity index (χ3v) is 4.14. The van der Waals surface area contributed by atoms with E-state index in [0.29, 0.717) is 17.8 Å². The number of amides is 2. The highest BCUT2D eigenvalue weighted by molar-refractivity contribution is 6.05. The minimum atomic E-state index is -0.419. The summed E-state index contributed by atoms with van der Waals surface area (Å²) in [6, 6.07) is 17.0. The number of aryl methyl sites for hydroxylation is 1. The summed E-state index contributed by atoms with van der Waals surface area (Å²) in [4.78, 5) is 28.6. The number of carbonyl (C=O) groups is 2. The Labute approximate surface area is 162 Å². The molecule has 0 aliphatic rings. The van der Waals surface area contributed by atoms with E-state index in [1.165, 1.54) is 48.3 Å². The number of pyridine rings is 1. The van der Waals surface area contributed by atoms with Crippen molar-refractivity contribution in [2.45, 2.75) is 12.8 Å². The number of anilines is 1. The van der Waals surface area contributed by atoms with E-state index >= 15 is 0 Å². The fourth-order valence-electron chi connectivity index (χ4n) is 2.67. The van der Waals surface area contributed by atoms with E-state index in [0.717, 1.165) is 12.8 Å². The molecule has 0 spiro atoms. The third-order valence-electron chi connectivity index (χ3n) is 4.14. The quantitative estimate of drug-likeness (QED) is 0.615. The number of benzene rings is 2. The zero-order valence-corrected chi connectivity index (χ0v) is 15.2. The molecule has 0 unspecified atom stereocenters. The molecule has 0 saturated heterocycles. The van der Waals surface area contributed by atoms with Gasteiger partial charge in [0.25, 0.3) is 11.8 Å². The van der Waals surface area contributed by atoms with Crippen LogP contribution in [-0.2, 0) is 6.42 Å². The molecule has 28 heavy (non-hydrogen) atoms. The maximum atomic E-state index is 12.9. The Morgan fingerprint density at radius 3 is 2.29 bits per heavy atom. The van der Waals surface area contributed by atoms with Gasteiger partial charge in [-0.25, -0.2) is 4.39 Å². The first kappa shape index (κ1) is 19.2. The zero-order chi connectivity index (χ0) is 19.8. The predicted molar refractivity (Wildman–Crippen MR) is 106 cm³/mol. The number of rotatable bonds is 7. The molecule has 1 heterocycles. The number of halogens is 1. The standard InChI is InChI=1S/C22H20FN3O2/c23-19-8-10-20(11-9-19)26-22(28)18-13-17(14-24-15-18)21(27)25-12-4-7-16-5-2-1-3-6-16/h1-3,5-6,8-11,13-15H,4,7,12H2,(H,25,27)(H,26,28). The zero-order valence-electron chi connectivity index (χ0n) is 15.2. The molecule has 6 heteroatoms. The number of nitrogens with zero attached hydrogens (tertiary/aromatic N) is 1. The number of nitrogens with one attached hydrogen (secondary N) is 2. The van der Waals surface area contributed by atoms with Crippen molar-refractivity contribution in [3.05, 3.63) is 95.6 Å². The van der Waals surface area contributed by atoms with Gasteiger partial charge in [0, 0.05) is 24.6 Å². The molecular weight excluding hydrogens is 357 g/mol. The average molecular weight is 377 g/mol. The van der Waals surface area contributed by atoms with Crippen LogP contribution in [0, 0.1) is 5.82 Å². The molecule has 3 aromatic rings. The molecule has 1 aromatic heterocycles. The summed E-state index contributed by atoms with van der Waals surface area (Å²) >= 11 is 0. The van der Waals surface area contributed by atoms with Crippen LogP contribution in [0.1, 0.15) is 32.7 Å². The first-order valence-electron chi connectivity index (χ1n) is 8.96. The summed E-state index contributed by atoms with van der Waals surface area (Å²) in [6.45, 7) is 0.528. The lowest BCUT2D eigenvalue weighted by molar-refractivity contribution is 0.0953. The molecular formula is C22H20FN3O2. The molecule has 0 fully saturated rings. The molecule has 0 aliphatic heterocycles. The normalized spacial score (nSPS) is 10.3. The molecule has 0 bridgehead atoms. The van der Waals surface area contributed by atoms with Gasteiger partial charge in [-0.1, -0.05) is 30.3 Å². The van der Waals surface area contributed by atoms with Gasteiger partial charge < -0.3 is 10.6 Å². The van der Waals surface area contributed by atoms with Crippen molar-refractivity contribution >= 4 is 17.5 Å². The monoisotopic (exact) mass is 377 g/mol. The fraction of sp³-hybridized carbons (Fsp3) is 0.136. The van der Waals surface area contributed by atoms with Gasteiger partial charge in [0.15, 0.2) is 0 Å². The molecule has 3 rings (SSSR count). The largest absolute Gasteiger partial charge is 0.352 e. The van der Waals surface area contributed by atoms with Crippen molar-refractivity contribution in [3.63, 3.8) is 0 Å². The van der Waals surface area contributed by atoms with Crippen molar-refractivity contribution in [2.24, 2.45) is 0 Å². The highest BCUT2D eigenvalue weighted by atomic mass is 19.1. The van der Waals surface area contributed by atoms with Crippen LogP contribution >= 0.6 is 0 Å². The molecule has 2 amide bonds. The third kappa shape index (κ3) is 5.48. The highest BCUT2D eigenvalue weighted by Crippen LogP contribution is 2.11. The molecule has 0 radical (unpaired) electrons. The second-order valence-electron chi connectivity index (χ2n) is 6.27. The van der Waals surface area contributed by atoms with Gasteiger partial charge in [-0.2, -0.15) is 0 Å². The number of carbonyl (C=O) groups excluding carboxylic acids is 2. The molecule has 142 valence electrons. The van der Waals surface area contributed by atoms with E-state index in [1.54, 1.807) is 0 Å². The van der Waals surface area contributed by atoms with Crippen molar-refractivity contribution in [1.29, 1.82) is 0 Å². The summed E-state index contributed by atoms with van der Waals surface area (Å²) < 4.78 is 12.9. The second-order valence-corrected chi connectivity index (χ2v) is 6.27. The Hall–Kier alpha value is -3.54. The van der Waals surface area contributed by atoms with Crippen LogP contribution in [0.25, 0.3) is 0 Å². The summed E-state index contributed by atoms with van der Waals surface area (Å²) in [7, 11) is 0. The first-order chi connectivity index (χ1) is 13.6. The first-order valence-corrected chi connectivity index (χ1v) is 8.96. The van der Waals surface area contributed by atoms with Crippen LogP contribution in [0.15, 0.2) is 73.1 Å². The van der Waals surface area contributed by atoms with Crippen molar-refractivity contribution in [3.8, 4) is 0 Å². The van der Waals surface area contributed by atoms with Crippen LogP contribution in [0.4, 0.5) is 10.1 Å². The van der Waals surface area contributed by atoms with E-state index in [2.05, 4.69) is 27.8 Å². The summed E-state index contributed by atoms with van der Waals surface area (Å²) in [6.07, 6.45) is 4.49. The molecule has 2 aromatic carbocycles. The van der Waals surface area contributed by atoms with Gasteiger partial charge >= 0.3 is 0 Å². The van der Waals surface area contributed by atoms with Gasteiger partial charge in [0.05, 0.1) is 11.1 Å². The maximum absolute atomic E-state index is 12.9. The van der Waals surface area contributed by atoms with E-state index < -0.39 is 5.91 Å². The molecule has 0 aliphatic carbocycles. The lowest BCUT2D eigenvalue weighted by Crippen LogP contribution is -2.25. The van der Waals surface area contributed by atoms with Crippen LogP contribution in [-0.4, -0.2) is 23.3 Å². The van der Waals surface area contributed by atoms with E-state index in [-0.39, 0.29) is 17.3 Å². The molecule has 0 atom stereocenters. The Bertz CT molecular complexity index is 944. The second kappa shape index (κ2) is 9.41. The number of aromatic nitrogens is 1. The van der Waals surface area contributed by atoms with Crippen molar-refractivity contribution in [1.82, 2.24) is 10.3 Å². The smallest absolute Gasteiger partial charge is 0.257 e. The fourth-order valence-corrected chi connectivity index (χ4v) is 2.67. The maximum Gasteiger partial charge on any atom is 0.257 e. The molecule has 2 N–H and O–H groups in total. The summed E-state index contributed by atoms with van der Waals surface area (Å²) in [5, 5.41) is 5.48. The Morgan fingerprint density at radius 1 is 0.893 bits per heavy atom. The van der Waals surface area contributed by atoms with Gasteiger partial charge in [-0.15, -0.1) is 0 Å². The average Bonchev–Trinajstić information content (AvgIpc) is 2.73. The number of hydrogen-bond acceptors (Lipinski definition) is 3. The van der Waals surface area contributed by atoms with Gasteiger partial charge in [0.2, 0.25) is 0 Å². The highest BCUT2D eigenvalue weighted by Gasteiger charge is 2.11. The van der Waals surface area contributed by atoms with Crippen LogP contribution in [0.2, 0.25) is 0 Å². The van der Waals surface area contributed by atoms with E-state index in [1.807, 2.05) is 18.2 Å². The lowest BCUT2D eigenvalue weighted by Gasteiger charge is -2.08. The van der Waals surface area contributed by atoms with Crippen molar-refractivity contribution in [2.75, 3.05) is 11.9 Å². The lowest BCUT2D eigenvalue weighted by atomic mass is 10.1. The summed E-state index contributed by atoms with van der Waals surface area (Å²) in [5.74, 6) is -1.08. The topological polar surface area (TPSA) is 71.1 Å². The summed E-state index contributed by atoms with van der Waals surface area (Å²) in [5.41, 5.74) is 2.24.